The van der Waals surface area contributed by atoms with Crippen molar-refractivity contribution in [2.24, 2.45) is 0 Å². The maximum Gasteiger partial charge on any atom is 1.00 e. The van der Waals surface area contributed by atoms with E-state index in [0.717, 1.165) is 0 Å². The maximum atomic E-state index is 2.20. The van der Waals surface area contributed by atoms with E-state index in [9.17, 15) is 0 Å². The zero-order chi connectivity index (χ0) is 6.69. The summed E-state index contributed by atoms with van der Waals surface area (Å²) in [4.78, 5) is 0. The van der Waals surface area contributed by atoms with Crippen LogP contribution in [-0.4, -0.2) is 0 Å². The molecule has 0 nitrogen and oxygen atoms in total. The Labute approximate surface area is 113 Å². The Hall–Kier alpha value is 1.03. The van der Waals surface area contributed by atoms with Crippen LogP contribution in [0.5, 0.6) is 0 Å². The summed E-state index contributed by atoms with van der Waals surface area (Å²) in [5.41, 5.74) is 1.41. The minimum atomic E-state index is 0. The predicted molar refractivity (Wildman–Crippen MR) is 41.6 cm³/mol. The van der Waals surface area contributed by atoms with Crippen LogP contribution in [0.15, 0.2) is 30.3 Å². The summed E-state index contributed by atoms with van der Waals surface area (Å²) >= 11 is 0. The molecule has 0 N–H and O–H groups in total. The summed E-state index contributed by atoms with van der Waals surface area (Å²) in [6, 6.07) is 10.5. The van der Waals surface area contributed by atoms with Crippen molar-refractivity contribution < 1.29 is 59.6 Å². The Morgan fingerprint density at radius 2 is 1.60 bits per heavy atom. The molecule has 0 aromatic heterocycles. The van der Waals surface area contributed by atoms with Crippen LogP contribution in [0.2, 0.25) is 0 Å². The first-order valence-electron chi connectivity index (χ1n) is 3.35. The molecule has 0 saturated carbocycles. The van der Waals surface area contributed by atoms with Gasteiger partial charge in [0, 0.05) is 0 Å². The van der Waals surface area contributed by atoms with Crippen LogP contribution < -0.4 is 58.2 Å². The van der Waals surface area contributed by atoms with E-state index < -0.39 is 0 Å². The monoisotopic (exact) mass is 206 g/mol. The molecule has 1 aromatic rings. The molecule has 1 rings (SSSR count). The fraction of sp³-hybridized carbons (Fsp3) is 0.333. The van der Waals surface area contributed by atoms with E-state index in [1.807, 2.05) is 6.07 Å². The van der Waals surface area contributed by atoms with Gasteiger partial charge in [-0.2, -0.15) is 0 Å². The molecular weight excluding hydrogens is 194 g/mol. The Morgan fingerprint density at radius 1 is 1.10 bits per heavy atom. The molecule has 0 saturated heterocycles. The molecular formula is C9H13Rb. The molecule has 0 fully saturated rings. The largest absolute Gasteiger partial charge is 1.00 e. The standard InChI is InChI=1S/C9H12.Rb.H/c1-8(2)9-6-4-3-5-7-9;;/h3-8H,1-2H3;;/q;+1;-1. The Balaban J connectivity index is 0. The minimum Gasteiger partial charge on any atom is -1.00 e. The summed E-state index contributed by atoms with van der Waals surface area (Å²) in [6.45, 7) is 4.41. The van der Waals surface area contributed by atoms with E-state index in [-0.39, 0.29) is 59.6 Å². The van der Waals surface area contributed by atoms with Crippen LogP contribution >= 0.6 is 0 Å². The fourth-order valence-corrected chi connectivity index (χ4v) is 0.838. The molecule has 0 bridgehead atoms. The number of hydrogen-bond donors (Lipinski definition) is 0. The summed E-state index contributed by atoms with van der Waals surface area (Å²) < 4.78 is 0. The third-order valence-electron chi connectivity index (χ3n) is 1.47. The summed E-state index contributed by atoms with van der Waals surface area (Å²) in [7, 11) is 0. The predicted octanol–water partition coefficient (Wildman–Crippen LogP) is -0.0735. The van der Waals surface area contributed by atoms with Gasteiger partial charge in [0.2, 0.25) is 0 Å². The van der Waals surface area contributed by atoms with Gasteiger partial charge in [0.15, 0.2) is 0 Å². The van der Waals surface area contributed by atoms with E-state index in [1.165, 1.54) is 5.56 Å². The van der Waals surface area contributed by atoms with E-state index in [0.29, 0.717) is 5.92 Å². The van der Waals surface area contributed by atoms with Crippen LogP contribution in [0.3, 0.4) is 0 Å². The molecule has 0 atom stereocenters. The fourth-order valence-electron chi connectivity index (χ4n) is 0.838. The van der Waals surface area contributed by atoms with Crippen molar-refractivity contribution in [1.82, 2.24) is 0 Å². The molecule has 0 spiro atoms. The second-order valence-electron chi connectivity index (χ2n) is 2.57. The van der Waals surface area contributed by atoms with Crippen LogP contribution in [0, 0.1) is 0 Å². The first kappa shape index (κ1) is 11.0. The first-order valence-corrected chi connectivity index (χ1v) is 3.35. The average molecular weight is 207 g/mol. The second kappa shape index (κ2) is 5.65. The molecule has 50 valence electrons. The summed E-state index contributed by atoms with van der Waals surface area (Å²) in [6.07, 6.45) is 0. The van der Waals surface area contributed by atoms with Gasteiger partial charge < -0.3 is 1.43 Å². The molecule has 0 unspecified atom stereocenters. The topological polar surface area (TPSA) is 0 Å². The van der Waals surface area contributed by atoms with Gasteiger partial charge in [0.1, 0.15) is 0 Å². The van der Waals surface area contributed by atoms with Crippen molar-refractivity contribution in [2.45, 2.75) is 19.8 Å². The van der Waals surface area contributed by atoms with E-state index in [2.05, 4.69) is 38.1 Å². The van der Waals surface area contributed by atoms with E-state index in [4.69, 9.17) is 0 Å². The zero-order valence-corrected chi connectivity index (χ0v) is 11.9. The van der Waals surface area contributed by atoms with Crippen LogP contribution in [0.4, 0.5) is 0 Å². The Morgan fingerprint density at radius 3 is 1.90 bits per heavy atom. The normalized spacial score (nSPS) is 9.10. The summed E-state index contributed by atoms with van der Waals surface area (Å²) in [5, 5.41) is 0. The molecule has 0 aliphatic heterocycles. The molecule has 0 amide bonds. The number of hydrogen-bond acceptors (Lipinski definition) is 0. The Kier molecular flexibility index (Phi) is 6.23. The van der Waals surface area contributed by atoms with Crippen molar-refractivity contribution in [3.63, 3.8) is 0 Å². The van der Waals surface area contributed by atoms with Crippen molar-refractivity contribution in [2.75, 3.05) is 0 Å². The van der Waals surface area contributed by atoms with Crippen molar-refractivity contribution >= 4 is 0 Å². The molecule has 0 aliphatic rings. The van der Waals surface area contributed by atoms with Gasteiger partial charge in [0.05, 0.1) is 0 Å². The average Bonchev–Trinajstić information content (AvgIpc) is 1.90. The maximum absolute atomic E-state index is 2.20. The first-order chi connectivity index (χ1) is 4.30. The van der Waals surface area contributed by atoms with Gasteiger partial charge in [0.25, 0.3) is 0 Å². The van der Waals surface area contributed by atoms with Gasteiger partial charge in [-0.15, -0.1) is 0 Å². The van der Waals surface area contributed by atoms with Gasteiger partial charge in [-0.1, -0.05) is 44.2 Å². The zero-order valence-electron chi connectivity index (χ0n) is 7.96. The number of rotatable bonds is 1. The quantitative estimate of drug-likeness (QED) is 0.604. The third-order valence-corrected chi connectivity index (χ3v) is 1.47. The van der Waals surface area contributed by atoms with Gasteiger partial charge in [-0.3, -0.25) is 0 Å². The molecule has 0 heterocycles. The van der Waals surface area contributed by atoms with Crippen molar-refractivity contribution in [3.8, 4) is 0 Å². The number of benzene rings is 1. The van der Waals surface area contributed by atoms with Crippen LogP contribution in [0.25, 0.3) is 0 Å². The van der Waals surface area contributed by atoms with Gasteiger partial charge >= 0.3 is 58.2 Å². The molecule has 0 aliphatic carbocycles. The minimum absolute atomic E-state index is 0. The van der Waals surface area contributed by atoms with E-state index in [1.54, 1.807) is 0 Å². The molecule has 1 heteroatoms. The SMILES string of the molecule is CC(C)c1ccccc1.[H-].[Rb+]. The van der Waals surface area contributed by atoms with E-state index >= 15 is 0 Å². The van der Waals surface area contributed by atoms with Gasteiger partial charge in [-0.25, -0.2) is 0 Å². The van der Waals surface area contributed by atoms with Crippen LogP contribution in [0.1, 0.15) is 26.8 Å². The Bertz CT molecular complexity index is 172. The summed E-state index contributed by atoms with van der Waals surface area (Å²) in [5.74, 6) is 0.659. The molecule has 10 heavy (non-hydrogen) atoms. The second-order valence-corrected chi connectivity index (χ2v) is 2.57. The molecule has 1 aromatic carbocycles. The van der Waals surface area contributed by atoms with Crippen molar-refractivity contribution in [1.29, 1.82) is 0 Å². The van der Waals surface area contributed by atoms with Gasteiger partial charge in [-0.05, 0) is 11.5 Å². The van der Waals surface area contributed by atoms with Crippen LogP contribution in [-0.2, 0) is 0 Å². The smallest absolute Gasteiger partial charge is 1.00 e. The van der Waals surface area contributed by atoms with Crippen molar-refractivity contribution in [3.05, 3.63) is 35.9 Å². The molecule has 0 radical (unpaired) electrons. The third kappa shape index (κ3) is 3.43.